The number of aromatic nitrogens is 5. The molecular weight excluding hydrogens is 645 g/mol. The second kappa shape index (κ2) is 16.1. The summed E-state index contributed by atoms with van der Waals surface area (Å²) in [7, 11) is 2.22. The Bertz CT molecular complexity index is 1840. The predicted octanol–water partition coefficient (Wildman–Crippen LogP) is 7.47. The fourth-order valence-corrected chi connectivity index (χ4v) is 9.14. The van der Waals surface area contributed by atoms with Gasteiger partial charge in [0.15, 0.2) is 0 Å². The smallest absolute Gasteiger partial charge is 0.354 e. The highest BCUT2D eigenvalue weighted by molar-refractivity contribution is 7.85. The molecular formula is C36H44N6O4S2. The molecule has 3 aliphatic rings. The maximum absolute atomic E-state index is 13.3. The Hall–Kier alpha value is -3.74. The standard InChI is InChI=1S/C25H27N5O4S2.C8H9N.C3H8/c1-26-23-21-15(5-9-27-23)13-18(35-21)20-19(24-29-25(32-2)30-34-24)16(4-3-14-6-10-33-11-7-14)28-17-8-12-36(31)22(17)20;1-3-7-4-2-6-9-8(7)5-1;1-3-2/h5,9,13-14H,3-4,6-8,10-12H2,1-2H3,(H,26,27);2,4,6H,1,3,5H2;3H2,1-2H3. The first kappa shape index (κ1) is 34.1. The van der Waals surface area contributed by atoms with Crippen molar-refractivity contribution in [2.45, 2.75) is 76.5 Å². The summed E-state index contributed by atoms with van der Waals surface area (Å²) in [6.07, 6.45) is 13.2. The minimum absolute atomic E-state index is 0.158. The molecule has 0 amide bonds. The molecule has 5 aromatic rings. The molecule has 12 heteroatoms. The number of anilines is 1. The second-order valence-electron chi connectivity index (χ2n) is 12.2. The number of pyridine rings is 3. The molecule has 0 aromatic carbocycles. The minimum Gasteiger partial charge on any atom is -0.465 e. The van der Waals surface area contributed by atoms with Crippen LogP contribution in [-0.4, -0.2) is 62.4 Å². The zero-order valence-electron chi connectivity index (χ0n) is 28.2. The van der Waals surface area contributed by atoms with Gasteiger partial charge in [-0.25, -0.2) is 4.98 Å². The number of methoxy groups -OCH3 is 1. The highest BCUT2D eigenvalue weighted by Gasteiger charge is 2.33. The Balaban J connectivity index is 0.000000281. The van der Waals surface area contributed by atoms with E-state index in [0.717, 1.165) is 87.1 Å². The van der Waals surface area contributed by atoms with Gasteiger partial charge >= 0.3 is 6.01 Å². The zero-order valence-corrected chi connectivity index (χ0v) is 29.8. The van der Waals surface area contributed by atoms with Crippen molar-refractivity contribution in [3.63, 3.8) is 0 Å². The van der Waals surface area contributed by atoms with Gasteiger partial charge in [-0.3, -0.25) is 14.2 Å². The Labute approximate surface area is 288 Å². The van der Waals surface area contributed by atoms with Crippen molar-refractivity contribution in [2.75, 3.05) is 38.4 Å². The summed E-state index contributed by atoms with van der Waals surface area (Å²) in [5.41, 5.74) is 6.23. The average molecular weight is 689 g/mol. The number of thiophene rings is 1. The second-order valence-corrected chi connectivity index (χ2v) is 14.7. The molecule has 10 nitrogen and oxygen atoms in total. The third-order valence-electron chi connectivity index (χ3n) is 8.74. The van der Waals surface area contributed by atoms with Crippen LogP contribution in [0.1, 0.15) is 68.6 Å². The van der Waals surface area contributed by atoms with E-state index in [-0.39, 0.29) is 6.01 Å². The van der Waals surface area contributed by atoms with E-state index in [9.17, 15) is 4.21 Å². The lowest BCUT2D eigenvalue weighted by Crippen LogP contribution is -2.16. The van der Waals surface area contributed by atoms with Gasteiger partial charge in [0.2, 0.25) is 0 Å². The first-order chi connectivity index (χ1) is 23.5. The molecule has 48 heavy (non-hydrogen) atoms. The molecule has 1 N–H and O–H groups in total. The Morgan fingerprint density at radius 1 is 1.04 bits per heavy atom. The van der Waals surface area contributed by atoms with Crippen LogP contribution in [-0.2, 0) is 41.2 Å². The summed E-state index contributed by atoms with van der Waals surface area (Å²) < 4.78 is 30.8. The topological polar surface area (TPSA) is 125 Å². The summed E-state index contributed by atoms with van der Waals surface area (Å²) in [5.74, 6) is 2.31. The molecule has 8 rings (SSSR count). The molecule has 5 aromatic heterocycles. The molecule has 254 valence electrons. The van der Waals surface area contributed by atoms with Crippen molar-refractivity contribution >= 4 is 38.0 Å². The van der Waals surface area contributed by atoms with Gasteiger partial charge in [-0.2, -0.15) is 4.98 Å². The lowest BCUT2D eigenvalue weighted by molar-refractivity contribution is 0.0639. The van der Waals surface area contributed by atoms with Gasteiger partial charge in [0.05, 0.1) is 44.5 Å². The van der Waals surface area contributed by atoms with Gasteiger partial charge in [0.1, 0.15) is 5.82 Å². The van der Waals surface area contributed by atoms with Crippen LogP contribution in [0.5, 0.6) is 6.01 Å². The summed E-state index contributed by atoms with van der Waals surface area (Å²) in [4.78, 5) is 20.1. The number of hydrogen-bond donors (Lipinski definition) is 1. The maximum Gasteiger partial charge on any atom is 0.354 e. The van der Waals surface area contributed by atoms with E-state index >= 15 is 0 Å². The summed E-state index contributed by atoms with van der Waals surface area (Å²) in [6.45, 7) is 5.87. The normalized spacial score (nSPS) is 16.8. The molecule has 0 saturated carbocycles. The first-order valence-corrected chi connectivity index (χ1v) is 19.1. The van der Waals surface area contributed by atoms with Crippen LogP contribution >= 0.6 is 11.3 Å². The van der Waals surface area contributed by atoms with Crippen LogP contribution < -0.4 is 10.1 Å². The van der Waals surface area contributed by atoms with Gasteiger partial charge in [-0.05, 0) is 85.2 Å². The number of nitrogens with one attached hydrogen (secondary N) is 1. The fraction of sp³-hybridized carbons (Fsp3) is 0.472. The minimum atomic E-state index is -1.16. The third-order valence-corrected chi connectivity index (χ3v) is 11.4. The van der Waals surface area contributed by atoms with Crippen molar-refractivity contribution in [3.8, 4) is 27.9 Å². The molecule has 7 heterocycles. The van der Waals surface area contributed by atoms with Crippen molar-refractivity contribution in [2.24, 2.45) is 5.92 Å². The third kappa shape index (κ3) is 7.45. The van der Waals surface area contributed by atoms with Crippen molar-refractivity contribution in [1.29, 1.82) is 0 Å². The number of hydrogen-bond acceptors (Lipinski definition) is 11. The van der Waals surface area contributed by atoms with Crippen LogP contribution in [0.3, 0.4) is 0 Å². The van der Waals surface area contributed by atoms with Gasteiger partial charge in [-0.15, -0.1) is 11.3 Å². The highest BCUT2D eigenvalue weighted by Crippen LogP contribution is 2.47. The number of ether oxygens (including phenoxy) is 2. The molecule has 1 aliphatic carbocycles. The summed E-state index contributed by atoms with van der Waals surface area (Å²) in [5, 5.41) is 8.23. The largest absolute Gasteiger partial charge is 0.465 e. The predicted molar refractivity (Wildman–Crippen MR) is 191 cm³/mol. The van der Waals surface area contributed by atoms with E-state index in [1.807, 2.05) is 25.4 Å². The summed E-state index contributed by atoms with van der Waals surface area (Å²) in [6, 6.07) is 8.48. The van der Waals surface area contributed by atoms with E-state index in [4.69, 9.17) is 19.0 Å². The van der Waals surface area contributed by atoms with Crippen molar-refractivity contribution in [3.05, 3.63) is 59.3 Å². The monoisotopic (exact) mass is 688 g/mol. The van der Waals surface area contributed by atoms with Gasteiger partial charge < -0.3 is 19.3 Å². The van der Waals surface area contributed by atoms with Gasteiger partial charge in [0, 0.05) is 61.0 Å². The highest BCUT2D eigenvalue weighted by atomic mass is 32.2. The molecule has 1 atom stereocenters. The molecule has 0 radical (unpaired) electrons. The molecule has 0 bridgehead atoms. The molecule has 1 unspecified atom stereocenters. The van der Waals surface area contributed by atoms with Crippen LogP contribution in [0.4, 0.5) is 5.82 Å². The van der Waals surface area contributed by atoms with E-state index in [1.54, 1.807) is 17.5 Å². The Kier molecular flexibility index (Phi) is 11.5. The number of nitrogens with zero attached hydrogens (tertiary/aromatic N) is 5. The Morgan fingerprint density at radius 2 is 1.88 bits per heavy atom. The van der Waals surface area contributed by atoms with Gasteiger partial charge in [0.25, 0.3) is 5.89 Å². The maximum atomic E-state index is 13.3. The van der Waals surface area contributed by atoms with Crippen LogP contribution in [0.15, 0.2) is 46.1 Å². The lowest BCUT2D eigenvalue weighted by Gasteiger charge is -2.22. The molecule has 1 fully saturated rings. The quantitative estimate of drug-likeness (QED) is 0.184. The Morgan fingerprint density at radius 3 is 2.62 bits per heavy atom. The summed E-state index contributed by atoms with van der Waals surface area (Å²) >= 11 is 1.62. The number of aryl methyl sites for hydroxylation is 4. The molecule has 2 aliphatic heterocycles. The number of fused-ring (bicyclic) bond motifs is 3. The van der Waals surface area contributed by atoms with E-state index in [1.165, 1.54) is 44.1 Å². The number of rotatable bonds is 7. The van der Waals surface area contributed by atoms with Crippen LogP contribution in [0, 0.1) is 5.92 Å². The van der Waals surface area contributed by atoms with E-state index in [2.05, 4.69) is 51.4 Å². The average Bonchev–Trinajstić information content (AvgIpc) is 3.94. The van der Waals surface area contributed by atoms with Crippen molar-refractivity contribution in [1.82, 2.24) is 25.1 Å². The van der Waals surface area contributed by atoms with Crippen LogP contribution in [0.25, 0.3) is 32.0 Å². The lowest BCUT2D eigenvalue weighted by atomic mass is 9.91. The molecule has 1 saturated heterocycles. The van der Waals surface area contributed by atoms with Crippen molar-refractivity contribution < 1.29 is 18.2 Å². The zero-order chi connectivity index (χ0) is 33.5. The SMILES string of the molecule is CCC.CNc1nccc2cc(-c3c(-c4nc(OC)no4)c(CCC4CCOCC4)nc4c3S(=O)CC4)sc12.c1cnc2c(c1)CCC2. The van der Waals surface area contributed by atoms with E-state index in [0.29, 0.717) is 24.0 Å². The van der Waals surface area contributed by atoms with Gasteiger partial charge in [-0.1, -0.05) is 26.3 Å². The van der Waals surface area contributed by atoms with E-state index < -0.39 is 10.8 Å². The first-order valence-electron chi connectivity index (χ1n) is 16.9. The fourth-order valence-electron chi connectivity index (χ4n) is 6.43. The molecule has 0 spiro atoms. The van der Waals surface area contributed by atoms with Crippen LogP contribution in [0.2, 0.25) is 0 Å².